The zero-order valence-corrected chi connectivity index (χ0v) is 24.6. The number of carboxylic acid groups (broad SMARTS) is 1. The van der Waals surface area contributed by atoms with Crippen molar-refractivity contribution in [2.24, 2.45) is 0 Å². The second kappa shape index (κ2) is 10.5. The fourth-order valence-electron chi connectivity index (χ4n) is 5.59. The summed E-state index contributed by atoms with van der Waals surface area (Å²) in [5.74, 6) is -0.246. The number of carboxylic acids is 1. The van der Waals surface area contributed by atoms with Crippen molar-refractivity contribution in [3.05, 3.63) is 109 Å². The summed E-state index contributed by atoms with van der Waals surface area (Å²) in [5.41, 5.74) is 7.63. The number of hydrogen-bond donors (Lipinski definition) is 1. The third-order valence-electron chi connectivity index (χ3n) is 7.37. The van der Waals surface area contributed by atoms with Crippen LogP contribution in [0.25, 0.3) is 66.6 Å². The van der Waals surface area contributed by atoms with E-state index in [0.29, 0.717) is 5.69 Å². The topological polar surface area (TPSA) is 82.1 Å². The smallest absolute Gasteiger partial charge is 0.354 e. The van der Waals surface area contributed by atoms with Crippen molar-refractivity contribution in [2.75, 3.05) is 0 Å². The van der Waals surface area contributed by atoms with Gasteiger partial charge in [-0.1, -0.05) is 84.9 Å². The first-order valence-corrected chi connectivity index (χ1v) is 13.3. The minimum atomic E-state index is -1.07. The van der Waals surface area contributed by atoms with Crippen LogP contribution in [0.15, 0.2) is 103 Å². The number of benzene rings is 4. The molecule has 0 aliphatic rings. The maximum Gasteiger partial charge on any atom is 0.354 e. The summed E-state index contributed by atoms with van der Waals surface area (Å²) in [6.07, 6.45) is 0. The Morgan fingerprint density at radius 1 is 0.780 bits per heavy atom. The van der Waals surface area contributed by atoms with Crippen LogP contribution in [0.3, 0.4) is 0 Å². The standard InChI is InChI=1S/C34H26N4O2.Pt/c1-20(2)38-30-17-9-14-25(28-18-22(19-29(35-28)34(39)40)21-10-4-3-5-11-21)32(30)37-33(38)26-15-8-13-24-23-12-6-7-16-27(23)36-31(24)26;/h3-20H,1-2H3,(H2,35,36,37,39,40);/p-1. The molecule has 3 aromatic heterocycles. The van der Waals surface area contributed by atoms with Crippen LogP contribution in [0.2, 0.25) is 0 Å². The Hall–Kier alpha value is -4.54. The molecule has 0 atom stereocenters. The zero-order chi connectivity index (χ0) is 27.4. The maximum absolute atomic E-state index is 12.1. The van der Waals surface area contributed by atoms with E-state index in [4.69, 9.17) is 9.97 Å². The summed E-state index contributed by atoms with van der Waals surface area (Å²) in [6.45, 7) is 4.28. The van der Waals surface area contributed by atoms with Gasteiger partial charge in [-0.05, 0) is 53.9 Å². The monoisotopic (exact) mass is 716 g/mol. The van der Waals surface area contributed by atoms with Crippen LogP contribution in [0.5, 0.6) is 0 Å². The predicted octanol–water partition coefficient (Wildman–Crippen LogP) is 7.97. The second-order valence-corrected chi connectivity index (χ2v) is 10.2. The van der Waals surface area contributed by atoms with Gasteiger partial charge in [0.05, 0.1) is 16.7 Å². The van der Waals surface area contributed by atoms with Crippen molar-refractivity contribution in [1.29, 1.82) is 0 Å². The number of fused-ring (bicyclic) bond motifs is 4. The Morgan fingerprint density at radius 2 is 1.49 bits per heavy atom. The average Bonchev–Trinajstić information content (AvgIpc) is 3.56. The van der Waals surface area contributed by atoms with Crippen molar-refractivity contribution in [1.82, 2.24) is 19.5 Å². The van der Waals surface area contributed by atoms with Crippen molar-refractivity contribution < 1.29 is 31.0 Å². The molecule has 0 saturated heterocycles. The van der Waals surface area contributed by atoms with Crippen molar-refractivity contribution >= 4 is 38.8 Å². The number of imidazole rings is 1. The average molecular weight is 717 g/mol. The van der Waals surface area contributed by atoms with Gasteiger partial charge in [-0.25, -0.2) is 14.8 Å². The number of rotatable bonds is 5. The summed E-state index contributed by atoms with van der Waals surface area (Å²) in [7, 11) is 0. The summed E-state index contributed by atoms with van der Waals surface area (Å²) < 4.78 is 2.23. The Kier molecular flexibility index (Phi) is 6.80. The summed E-state index contributed by atoms with van der Waals surface area (Å²) >= 11 is 0. The molecule has 0 spiro atoms. The van der Waals surface area contributed by atoms with Crippen LogP contribution in [-0.4, -0.2) is 25.6 Å². The molecule has 41 heavy (non-hydrogen) atoms. The molecule has 7 aromatic rings. The third-order valence-corrected chi connectivity index (χ3v) is 7.37. The number of para-hydroxylation sites is 3. The number of aromatic nitrogens is 4. The number of carbonyl (C=O) groups is 1. The van der Waals surface area contributed by atoms with Crippen LogP contribution in [0.1, 0.15) is 30.4 Å². The van der Waals surface area contributed by atoms with Gasteiger partial charge in [0.2, 0.25) is 0 Å². The van der Waals surface area contributed by atoms with Crippen molar-refractivity contribution in [2.45, 2.75) is 19.9 Å². The van der Waals surface area contributed by atoms with Gasteiger partial charge in [0.1, 0.15) is 11.5 Å². The fourth-order valence-corrected chi connectivity index (χ4v) is 5.59. The van der Waals surface area contributed by atoms with Gasteiger partial charge in [-0.3, -0.25) is 0 Å². The Morgan fingerprint density at radius 3 is 2.27 bits per heavy atom. The molecule has 1 N–H and O–H groups in total. The number of hydrogen-bond acceptors (Lipinski definition) is 3. The summed E-state index contributed by atoms with van der Waals surface area (Å²) in [6, 6.07) is 33.8. The van der Waals surface area contributed by atoms with Gasteiger partial charge in [0.25, 0.3) is 0 Å². The van der Waals surface area contributed by atoms with Gasteiger partial charge in [0, 0.05) is 38.2 Å². The van der Waals surface area contributed by atoms with Crippen molar-refractivity contribution in [3.63, 3.8) is 0 Å². The number of nitrogens with zero attached hydrogens (tertiary/aromatic N) is 4. The van der Waals surface area contributed by atoms with Gasteiger partial charge in [0.15, 0.2) is 0 Å². The molecule has 4 aromatic carbocycles. The van der Waals surface area contributed by atoms with Gasteiger partial charge in [-0.15, -0.1) is 11.0 Å². The molecule has 7 rings (SSSR count). The van der Waals surface area contributed by atoms with E-state index in [1.807, 2.05) is 66.7 Å². The van der Waals surface area contributed by atoms with Crippen LogP contribution in [-0.2, 0) is 21.1 Å². The molecular weight excluding hydrogens is 691 g/mol. The molecular formula is C34H25N4O2Pt-. The third kappa shape index (κ3) is 4.45. The minimum Gasteiger partial charge on any atom is -0.656 e. The quantitative estimate of drug-likeness (QED) is 0.196. The fraction of sp³-hybridized carbons (Fsp3) is 0.0882. The first-order valence-electron chi connectivity index (χ1n) is 13.3. The number of aromatic carboxylic acids is 1. The summed E-state index contributed by atoms with van der Waals surface area (Å²) in [4.78, 5) is 26.8. The van der Waals surface area contributed by atoms with Crippen LogP contribution in [0.4, 0.5) is 0 Å². The molecule has 0 amide bonds. The molecule has 204 valence electrons. The molecule has 3 heterocycles. The first-order chi connectivity index (χ1) is 19.5. The van der Waals surface area contributed by atoms with Gasteiger partial charge < -0.3 is 14.7 Å². The van der Waals surface area contributed by atoms with E-state index in [2.05, 4.69) is 53.7 Å². The molecule has 0 saturated carbocycles. The minimum absolute atomic E-state index is 0. The Balaban J connectivity index is 0.00000302. The first kappa shape index (κ1) is 26.7. The van der Waals surface area contributed by atoms with Gasteiger partial charge >= 0.3 is 5.97 Å². The molecule has 7 heteroatoms. The molecule has 6 nitrogen and oxygen atoms in total. The molecule has 0 fully saturated rings. The molecule has 0 aliphatic carbocycles. The van der Waals surface area contributed by atoms with E-state index in [1.165, 1.54) is 0 Å². The van der Waals surface area contributed by atoms with E-state index in [1.54, 1.807) is 6.07 Å². The largest absolute Gasteiger partial charge is 0.656 e. The Labute approximate surface area is 251 Å². The van der Waals surface area contributed by atoms with E-state index < -0.39 is 5.97 Å². The normalized spacial score (nSPS) is 11.4. The van der Waals surface area contributed by atoms with Crippen molar-refractivity contribution in [3.8, 4) is 33.8 Å². The molecule has 0 unspecified atom stereocenters. The van der Waals surface area contributed by atoms with E-state index in [9.17, 15) is 9.90 Å². The van der Waals surface area contributed by atoms with Crippen LogP contribution >= 0.6 is 0 Å². The molecule has 0 radical (unpaired) electrons. The molecule has 0 bridgehead atoms. The van der Waals surface area contributed by atoms with Crippen LogP contribution < -0.4 is 4.98 Å². The zero-order valence-electron chi connectivity index (χ0n) is 22.4. The van der Waals surface area contributed by atoms with E-state index in [0.717, 1.165) is 60.9 Å². The Bertz CT molecular complexity index is 2080. The van der Waals surface area contributed by atoms with Gasteiger partial charge in [-0.2, -0.15) is 0 Å². The predicted molar refractivity (Wildman–Crippen MR) is 160 cm³/mol. The van der Waals surface area contributed by atoms with E-state index >= 15 is 0 Å². The van der Waals surface area contributed by atoms with E-state index in [-0.39, 0.29) is 32.8 Å². The maximum atomic E-state index is 12.1. The number of pyridine rings is 1. The SMILES string of the molecule is CC(C)n1c(-c2cccc3c2[n-]c2ccccc23)nc2c(-c3cc(-c4ccccc4)cc(C(=O)O)n3)cccc21.[Pt]. The second-order valence-electron chi connectivity index (χ2n) is 10.2. The summed E-state index contributed by atoms with van der Waals surface area (Å²) in [5, 5.41) is 12.1. The molecule has 0 aliphatic heterocycles. The van der Waals surface area contributed by atoms with Crippen LogP contribution in [0, 0.1) is 0 Å².